The number of aromatic nitrogens is 1. The maximum absolute atomic E-state index is 12.2. The van der Waals surface area contributed by atoms with Crippen LogP contribution in [-0.4, -0.2) is 15.6 Å². The maximum atomic E-state index is 12.2. The molecule has 1 unspecified atom stereocenters. The Morgan fingerprint density at radius 3 is 1.80 bits per heavy atom. The number of rotatable bonds is 7. The zero-order valence-corrected chi connectivity index (χ0v) is 26.5. The van der Waals surface area contributed by atoms with Crippen molar-refractivity contribution in [2.75, 3.05) is 0 Å². The molecular weight excluding hydrogens is 678 g/mol. The van der Waals surface area contributed by atoms with Crippen molar-refractivity contribution < 1.29 is 4.92 Å². The average Bonchev–Trinajstić information content (AvgIpc) is 3.45. The van der Waals surface area contributed by atoms with E-state index in [2.05, 4.69) is 122 Å². The summed E-state index contributed by atoms with van der Waals surface area (Å²) in [5.41, 5.74) is 8.52. The average molecular weight is 703 g/mol. The molecule has 0 fully saturated rings. The first-order chi connectivity index (χ1) is 21.5. The van der Waals surface area contributed by atoms with Crippen molar-refractivity contribution >= 4 is 60.1 Å². The highest BCUT2D eigenvalue weighted by Crippen LogP contribution is 2.56. The third-order valence-electron chi connectivity index (χ3n) is 8.51. The lowest BCUT2D eigenvalue weighted by Crippen LogP contribution is -2.42. The predicted octanol–water partition coefficient (Wildman–Crippen LogP) is 10.00. The van der Waals surface area contributed by atoms with Gasteiger partial charge in [0.05, 0.1) is 27.3 Å². The van der Waals surface area contributed by atoms with Crippen molar-refractivity contribution in [1.82, 2.24) is 4.98 Å². The van der Waals surface area contributed by atoms with E-state index in [4.69, 9.17) is 4.99 Å². The topological polar surface area (TPSA) is 68.4 Å². The Bertz CT molecular complexity index is 1860. The van der Waals surface area contributed by atoms with Crippen molar-refractivity contribution in [2.45, 2.75) is 9.15 Å². The van der Waals surface area contributed by atoms with Gasteiger partial charge >= 0.3 is 0 Å². The molecule has 7 heteroatoms. The van der Waals surface area contributed by atoms with Crippen LogP contribution in [0.2, 0.25) is 0 Å². The van der Waals surface area contributed by atoms with E-state index in [1.165, 1.54) is 0 Å². The molecule has 1 aliphatic heterocycles. The Balaban J connectivity index is 1.60. The van der Waals surface area contributed by atoms with Crippen LogP contribution in [0.15, 0.2) is 145 Å². The number of fused-ring (bicyclic) bond motifs is 3. The summed E-state index contributed by atoms with van der Waals surface area (Å²) in [6.07, 6.45) is 8.01. The number of hydrogen-bond donors (Lipinski definition) is 0. The van der Waals surface area contributed by atoms with E-state index >= 15 is 0 Å². The van der Waals surface area contributed by atoms with Crippen LogP contribution >= 0.6 is 31.9 Å². The lowest BCUT2D eigenvalue weighted by Gasteiger charge is -2.43. The van der Waals surface area contributed by atoms with E-state index in [0.29, 0.717) is 11.3 Å². The minimum Gasteiger partial charge on any atom is -0.265 e. The Labute approximate surface area is 272 Å². The standard InChI is InChI=1S/C37H25Br2N3O2/c38-36(39)34-32(42(43)44)17-16-31-33(34)29-22-25(24-18-20-40-21-19-24)23-30(35(29)41-31)37(26-10-4-1-5-11-26,27-12-6-2-7-13-27)28-14-8-3-9-15-28/h1-23,30,36H. The number of allylic oxidation sites excluding steroid dienone is 4. The number of aliphatic imine (C=N–C) groups is 1. The van der Waals surface area contributed by atoms with Gasteiger partial charge in [0.15, 0.2) is 0 Å². The molecule has 1 aliphatic carbocycles. The van der Waals surface area contributed by atoms with Gasteiger partial charge in [-0.25, -0.2) is 0 Å². The highest BCUT2D eigenvalue weighted by molar-refractivity contribution is 9.24. The summed E-state index contributed by atoms with van der Waals surface area (Å²) < 4.78 is -0.448. The normalized spacial score (nSPS) is 15.6. The smallest absolute Gasteiger partial charge is 0.265 e. The second-order valence-electron chi connectivity index (χ2n) is 10.7. The molecule has 0 saturated carbocycles. The minimum atomic E-state index is -0.684. The third kappa shape index (κ3) is 4.59. The summed E-state index contributed by atoms with van der Waals surface area (Å²) in [5.74, 6) is -0.277. The fraction of sp³-hybridized carbons (Fsp3) is 0.0811. The van der Waals surface area contributed by atoms with Gasteiger partial charge in [-0.3, -0.25) is 20.1 Å². The van der Waals surface area contributed by atoms with E-state index < -0.39 is 9.15 Å². The second-order valence-corrected chi connectivity index (χ2v) is 13.8. The fourth-order valence-corrected chi connectivity index (χ4v) is 7.64. The van der Waals surface area contributed by atoms with Crippen LogP contribution in [0, 0.1) is 16.0 Å². The summed E-state index contributed by atoms with van der Waals surface area (Å²) in [5, 5.41) is 12.2. The van der Waals surface area contributed by atoms with Crippen LogP contribution in [0.25, 0.3) is 11.1 Å². The Kier molecular flexibility index (Phi) is 7.44. The Hall–Kier alpha value is -4.46. The van der Waals surface area contributed by atoms with Gasteiger partial charge in [0.25, 0.3) is 5.69 Å². The van der Waals surface area contributed by atoms with Gasteiger partial charge in [0.2, 0.25) is 0 Å². The SMILES string of the molecule is O=[N+]([O-])c1ccc2c(c1C(Br)Br)C1=CC(c3ccncc3)=CC(C(c3ccccc3)(c3ccccc3)c3ccccc3)C1=N2. The molecule has 5 nitrogen and oxygen atoms in total. The van der Waals surface area contributed by atoms with Gasteiger partial charge in [-0.05, 0) is 52.1 Å². The summed E-state index contributed by atoms with van der Waals surface area (Å²) >= 11 is 7.22. The van der Waals surface area contributed by atoms with Crippen LogP contribution in [0.5, 0.6) is 0 Å². The molecule has 0 radical (unpaired) electrons. The van der Waals surface area contributed by atoms with Gasteiger partial charge < -0.3 is 0 Å². The van der Waals surface area contributed by atoms with Crippen LogP contribution in [0.4, 0.5) is 11.4 Å². The van der Waals surface area contributed by atoms with Crippen LogP contribution in [0.3, 0.4) is 0 Å². The Morgan fingerprint density at radius 1 is 0.750 bits per heavy atom. The highest BCUT2D eigenvalue weighted by atomic mass is 79.9. The predicted molar refractivity (Wildman–Crippen MR) is 184 cm³/mol. The quantitative estimate of drug-likeness (QED) is 0.0734. The van der Waals surface area contributed by atoms with E-state index in [1.807, 2.05) is 30.3 Å². The summed E-state index contributed by atoms with van der Waals surface area (Å²) in [6, 6.07) is 39.0. The third-order valence-corrected chi connectivity index (χ3v) is 9.43. The molecule has 4 aromatic carbocycles. The van der Waals surface area contributed by atoms with Gasteiger partial charge in [-0.2, -0.15) is 0 Å². The molecule has 2 heterocycles. The molecule has 214 valence electrons. The van der Waals surface area contributed by atoms with Crippen molar-refractivity contribution in [1.29, 1.82) is 0 Å². The molecule has 7 rings (SSSR count). The monoisotopic (exact) mass is 701 g/mol. The molecule has 5 aromatic rings. The zero-order chi connectivity index (χ0) is 30.3. The molecule has 1 aromatic heterocycles. The molecule has 0 spiro atoms. The Morgan fingerprint density at radius 2 is 1.30 bits per heavy atom. The van der Waals surface area contributed by atoms with E-state index in [9.17, 15) is 10.1 Å². The van der Waals surface area contributed by atoms with E-state index in [-0.39, 0.29) is 16.5 Å². The number of nitrogens with zero attached hydrogens (tertiary/aromatic N) is 3. The van der Waals surface area contributed by atoms with E-state index in [0.717, 1.165) is 44.7 Å². The molecule has 1 atom stereocenters. The number of nitro groups is 1. The number of benzene rings is 4. The summed E-state index contributed by atoms with van der Waals surface area (Å²) in [4.78, 5) is 21.5. The van der Waals surface area contributed by atoms with Crippen LogP contribution < -0.4 is 0 Å². The van der Waals surface area contributed by atoms with Gasteiger partial charge in [-0.15, -0.1) is 0 Å². The number of alkyl halides is 2. The first-order valence-electron chi connectivity index (χ1n) is 14.2. The molecule has 0 bridgehead atoms. The van der Waals surface area contributed by atoms with Gasteiger partial charge in [0.1, 0.15) is 3.74 Å². The molecule has 2 aliphatic rings. The lowest BCUT2D eigenvalue weighted by atomic mass is 9.58. The number of nitro benzene ring substituents is 1. The first kappa shape index (κ1) is 28.3. The van der Waals surface area contributed by atoms with Crippen LogP contribution in [0.1, 0.15) is 37.1 Å². The van der Waals surface area contributed by atoms with Gasteiger partial charge in [-0.1, -0.05) is 129 Å². The highest BCUT2D eigenvalue weighted by Gasteiger charge is 2.49. The second kappa shape index (κ2) is 11.6. The molecular formula is C37H25Br2N3O2. The summed E-state index contributed by atoms with van der Waals surface area (Å²) in [7, 11) is 0. The number of halogens is 2. The molecule has 0 saturated heterocycles. The maximum Gasteiger partial charge on any atom is 0.275 e. The zero-order valence-electron chi connectivity index (χ0n) is 23.3. The van der Waals surface area contributed by atoms with Crippen molar-refractivity contribution in [3.05, 3.63) is 183 Å². The summed E-state index contributed by atoms with van der Waals surface area (Å²) in [6.45, 7) is 0. The number of pyridine rings is 1. The molecule has 44 heavy (non-hydrogen) atoms. The minimum absolute atomic E-state index is 0.0388. The first-order valence-corrected chi connectivity index (χ1v) is 16.0. The fourth-order valence-electron chi connectivity index (χ4n) is 6.71. The van der Waals surface area contributed by atoms with Crippen molar-refractivity contribution in [3.8, 4) is 0 Å². The molecule has 0 amide bonds. The van der Waals surface area contributed by atoms with Gasteiger partial charge in [0, 0.05) is 35.5 Å². The number of hydrogen-bond acceptors (Lipinski definition) is 4. The largest absolute Gasteiger partial charge is 0.275 e. The van der Waals surface area contributed by atoms with Crippen molar-refractivity contribution in [2.24, 2.45) is 10.9 Å². The van der Waals surface area contributed by atoms with E-state index in [1.54, 1.807) is 24.5 Å². The van der Waals surface area contributed by atoms with Crippen molar-refractivity contribution in [3.63, 3.8) is 0 Å². The molecule has 0 N–H and O–H groups in total. The van der Waals surface area contributed by atoms with Crippen LogP contribution in [-0.2, 0) is 5.41 Å². The lowest BCUT2D eigenvalue weighted by molar-refractivity contribution is -0.385.